The summed E-state index contributed by atoms with van der Waals surface area (Å²) < 4.78 is 10.7. The molecule has 6 nitrogen and oxygen atoms in total. The number of ether oxygens (including phenoxy) is 2. The molecule has 148 valence electrons. The molecule has 0 atom stereocenters. The Balaban J connectivity index is 1.54. The second-order valence-electron chi connectivity index (χ2n) is 6.85. The SMILES string of the molecule is CCNC(=NCCC1=CCOCC1)N1CCN(c2cccc(OC)c2)CC1. The summed E-state index contributed by atoms with van der Waals surface area (Å²) in [4.78, 5) is 9.65. The molecule has 2 aliphatic heterocycles. The van der Waals surface area contributed by atoms with Crippen molar-refractivity contribution >= 4 is 11.6 Å². The first-order valence-corrected chi connectivity index (χ1v) is 9.98. The average Bonchev–Trinajstić information content (AvgIpc) is 2.74. The van der Waals surface area contributed by atoms with Crippen molar-refractivity contribution < 1.29 is 9.47 Å². The minimum Gasteiger partial charge on any atom is -0.497 e. The lowest BCUT2D eigenvalue weighted by molar-refractivity contribution is 0.153. The molecule has 2 aliphatic rings. The predicted octanol–water partition coefficient (Wildman–Crippen LogP) is 2.52. The molecule has 0 unspecified atom stereocenters. The number of rotatable bonds is 6. The number of anilines is 1. The van der Waals surface area contributed by atoms with E-state index in [1.54, 1.807) is 7.11 Å². The lowest BCUT2D eigenvalue weighted by atomic mass is 10.1. The van der Waals surface area contributed by atoms with Crippen LogP contribution in [-0.4, -0.2) is 70.5 Å². The van der Waals surface area contributed by atoms with Gasteiger partial charge in [0.15, 0.2) is 5.96 Å². The third-order valence-electron chi connectivity index (χ3n) is 5.08. The van der Waals surface area contributed by atoms with Gasteiger partial charge in [-0.25, -0.2) is 0 Å². The number of hydrogen-bond acceptors (Lipinski definition) is 4. The van der Waals surface area contributed by atoms with Gasteiger partial charge in [-0.1, -0.05) is 17.7 Å². The van der Waals surface area contributed by atoms with E-state index in [1.807, 2.05) is 6.07 Å². The molecule has 0 aromatic heterocycles. The van der Waals surface area contributed by atoms with Gasteiger partial charge in [-0.3, -0.25) is 4.99 Å². The minimum atomic E-state index is 0.755. The molecule has 1 N–H and O–H groups in total. The van der Waals surface area contributed by atoms with E-state index in [0.717, 1.165) is 77.0 Å². The van der Waals surface area contributed by atoms with Crippen LogP contribution in [0.4, 0.5) is 5.69 Å². The molecule has 0 saturated carbocycles. The standard InChI is InChI=1S/C21H32N4O2/c1-3-22-21(23-10-7-18-8-15-27-16-9-18)25-13-11-24(12-14-25)19-5-4-6-20(17-19)26-2/h4-6,8,17H,3,7,9-16H2,1-2H3,(H,22,23). The summed E-state index contributed by atoms with van der Waals surface area (Å²) in [5.74, 6) is 1.95. The number of guanidine groups is 1. The molecule has 1 aromatic carbocycles. The monoisotopic (exact) mass is 372 g/mol. The van der Waals surface area contributed by atoms with Crippen molar-refractivity contribution in [1.29, 1.82) is 0 Å². The highest BCUT2D eigenvalue weighted by Gasteiger charge is 2.20. The number of piperazine rings is 1. The topological polar surface area (TPSA) is 49.3 Å². The molecule has 3 rings (SSSR count). The molecular formula is C21H32N4O2. The third-order valence-corrected chi connectivity index (χ3v) is 5.08. The first-order valence-electron chi connectivity index (χ1n) is 9.98. The maximum atomic E-state index is 5.38. The minimum absolute atomic E-state index is 0.755. The van der Waals surface area contributed by atoms with Crippen LogP contribution in [0.2, 0.25) is 0 Å². The van der Waals surface area contributed by atoms with Crippen molar-refractivity contribution in [3.63, 3.8) is 0 Å². The van der Waals surface area contributed by atoms with Crippen LogP contribution in [-0.2, 0) is 4.74 Å². The van der Waals surface area contributed by atoms with Gasteiger partial charge in [0, 0.05) is 51.0 Å². The summed E-state index contributed by atoms with van der Waals surface area (Å²) in [6.45, 7) is 9.38. The second kappa shape index (κ2) is 10.2. The maximum Gasteiger partial charge on any atom is 0.194 e. The van der Waals surface area contributed by atoms with Crippen LogP contribution in [0.3, 0.4) is 0 Å². The maximum absolute atomic E-state index is 5.38. The number of methoxy groups -OCH3 is 1. The van der Waals surface area contributed by atoms with E-state index in [0.29, 0.717) is 0 Å². The van der Waals surface area contributed by atoms with Gasteiger partial charge in [0.05, 0.1) is 20.3 Å². The fourth-order valence-electron chi connectivity index (χ4n) is 3.51. The Morgan fingerprint density at radius 1 is 1.26 bits per heavy atom. The number of hydrogen-bond donors (Lipinski definition) is 1. The van der Waals surface area contributed by atoms with E-state index in [1.165, 1.54) is 11.3 Å². The fraction of sp³-hybridized carbons (Fsp3) is 0.571. The van der Waals surface area contributed by atoms with E-state index in [9.17, 15) is 0 Å². The highest BCUT2D eigenvalue weighted by atomic mass is 16.5. The molecule has 0 amide bonds. The quantitative estimate of drug-likeness (QED) is 0.472. The predicted molar refractivity (Wildman–Crippen MR) is 111 cm³/mol. The number of aliphatic imine (C=N–C) groups is 1. The van der Waals surface area contributed by atoms with Crippen molar-refractivity contribution in [2.75, 3.05) is 64.5 Å². The lowest BCUT2D eigenvalue weighted by Gasteiger charge is -2.37. The Hall–Kier alpha value is -2.21. The van der Waals surface area contributed by atoms with E-state index < -0.39 is 0 Å². The van der Waals surface area contributed by atoms with Gasteiger partial charge in [-0.2, -0.15) is 0 Å². The summed E-state index contributed by atoms with van der Waals surface area (Å²) in [5.41, 5.74) is 2.70. The molecule has 2 heterocycles. The third kappa shape index (κ3) is 5.63. The van der Waals surface area contributed by atoms with Crippen molar-refractivity contribution in [3.8, 4) is 5.75 Å². The Labute approximate surface area is 162 Å². The summed E-state index contributed by atoms with van der Waals surface area (Å²) >= 11 is 0. The van der Waals surface area contributed by atoms with E-state index in [-0.39, 0.29) is 0 Å². The number of nitrogens with zero attached hydrogens (tertiary/aromatic N) is 3. The first kappa shape index (κ1) is 19.5. The zero-order valence-corrected chi connectivity index (χ0v) is 16.6. The highest BCUT2D eigenvalue weighted by molar-refractivity contribution is 5.80. The van der Waals surface area contributed by atoms with Gasteiger partial charge < -0.3 is 24.6 Å². The molecule has 6 heteroatoms. The van der Waals surface area contributed by atoms with Gasteiger partial charge in [0.1, 0.15) is 5.75 Å². The highest BCUT2D eigenvalue weighted by Crippen LogP contribution is 2.22. The zero-order valence-electron chi connectivity index (χ0n) is 16.6. The van der Waals surface area contributed by atoms with Crippen molar-refractivity contribution in [3.05, 3.63) is 35.9 Å². The normalized spacial score (nSPS) is 18.3. The molecular weight excluding hydrogens is 340 g/mol. The van der Waals surface area contributed by atoms with Crippen molar-refractivity contribution in [1.82, 2.24) is 10.2 Å². The molecule has 0 bridgehead atoms. The Bertz CT molecular complexity index is 651. The second-order valence-corrected chi connectivity index (χ2v) is 6.85. The molecule has 27 heavy (non-hydrogen) atoms. The van der Waals surface area contributed by atoms with Gasteiger partial charge >= 0.3 is 0 Å². The number of benzene rings is 1. The Kier molecular flexibility index (Phi) is 7.39. The van der Waals surface area contributed by atoms with E-state index >= 15 is 0 Å². The van der Waals surface area contributed by atoms with Crippen LogP contribution in [0.15, 0.2) is 40.9 Å². The van der Waals surface area contributed by atoms with Crippen LogP contribution in [0.25, 0.3) is 0 Å². The van der Waals surface area contributed by atoms with Crippen LogP contribution in [0, 0.1) is 0 Å². The Morgan fingerprint density at radius 3 is 2.81 bits per heavy atom. The summed E-state index contributed by atoms with van der Waals surface area (Å²) in [6, 6.07) is 8.30. The molecule has 0 spiro atoms. The molecule has 0 radical (unpaired) electrons. The summed E-state index contributed by atoms with van der Waals surface area (Å²) in [5, 5.41) is 3.46. The largest absolute Gasteiger partial charge is 0.497 e. The van der Waals surface area contributed by atoms with Gasteiger partial charge in [0.25, 0.3) is 0 Å². The van der Waals surface area contributed by atoms with E-state index in [2.05, 4.69) is 46.3 Å². The number of nitrogens with one attached hydrogen (secondary N) is 1. The smallest absolute Gasteiger partial charge is 0.194 e. The summed E-state index contributed by atoms with van der Waals surface area (Å²) in [7, 11) is 1.71. The Morgan fingerprint density at radius 2 is 2.11 bits per heavy atom. The van der Waals surface area contributed by atoms with Crippen LogP contribution in [0.5, 0.6) is 5.75 Å². The molecule has 1 fully saturated rings. The van der Waals surface area contributed by atoms with Crippen LogP contribution < -0.4 is 15.0 Å². The van der Waals surface area contributed by atoms with Crippen LogP contribution in [0.1, 0.15) is 19.8 Å². The molecule has 1 saturated heterocycles. The van der Waals surface area contributed by atoms with Crippen LogP contribution >= 0.6 is 0 Å². The van der Waals surface area contributed by atoms with Gasteiger partial charge in [0.2, 0.25) is 0 Å². The van der Waals surface area contributed by atoms with Gasteiger partial charge in [-0.05, 0) is 31.9 Å². The van der Waals surface area contributed by atoms with Crippen molar-refractivity contribution in [2.45, 2.75) is 19.8 Å². The molecule has 1 aromatic rings. The molecule has 0 aliphatic carbocycles. The van der Waals surface area contributed by atoms with Crippen molar-refractivity contribution in [2.24, 2.45) is 4.99 Å². The first-order chi connectivity index (χ1) is 13.3. The average molecular weight is 373 g/mol. The zero-order chi connectivity index (χ0) is 18.9. The summed E-state index contributed by atoms with van der Waals surface area (Å²) in [6.07, 6.45) is 4.28. The van der Waals surface area contributed by atoms with Gasteiger partial charge in [-0.15, -0.1) is 0 Å². The fourth-order valence-corrected chi connectivity index (χ4v) is 3.51. The lowest BCUT2D eigenvalue weighted by Crippen LogP contribution is -2.52. The van der Waals surface area contributed by atoms with E-state index in [4.69, 9.17) is 14.5 Å².